The van der Waals surface area contributed by atoms with Gasteiger partial charge in [-0.1, -0.05) is 31.2 Å². The number of hydrogen-bond donors (Lipinski definition) is 1. The molecule has 0 bridgehead atoms. The zero-order valence-electron chi connectivity index (χ0n) is 11.7. The van der Waals surface area contributed by atoms with E-state index in [1.54, 1.807) is 0 Å². The monoisotopic (exact) mass is 251 g/mol. The molecule has 0 atom stereocenters. The molecule has 0 amide bonds. The van der Waals surface area contributed by atoms with Crippen LogP contribution < -0.4 is 5.32 Å². The molecule has 0 radical (unpaired) electrons. The van der Waals surface area contributed by atoms with E-state index in [0.717, 1.165) is 13.1 Å². The number of rotatable bonds is 9. The van der Waals surface area contributed by atoms with Crippen LogP contribution in [0, 0.1) is 0 Å². The minimum Gasteiger partial charge on any atom is -0.376 e. The molecule has 0 unspecified atom stereocenters. The van der Waals surface area contributed by atoms with Gasteiger partial charge in [-0.3, -0.25) is 0 Å². The molecule has 1 rings (SSSR count). The van der Waals surface area contributed by atoms with Crippen molar-refractivity contribution >= 4 is 0 Å². The molecule has 1 N–H and O–H groups in total. The van der Waals surface area contributed by atoms with E-state index in [4.69, 9.17) is 9.47 Å². The van der Waals surface area contributed by atoms with Gasteiger partial charge in [0.25, 0.3) is 0 Å². The average Bonchev–Trinajstić information content (AvgIpc) is 2.37. The second-order valence-electron chi connectivity index (χ2n) is 4.57. The molecular weight excluding hydrogens is 226 g/mol. The van der Waals surface area contributed by atoms with Crippen molar-refractivity contribution < 1.29 is 9.47 Å². The van der Waals surface area contributed by atoms with Gasteiger partial charge in [0, 0.05) is 6.54 Å². The Kier molecular flexibility index (Phi) is 7.65. The van der Waals surface area contributed by atoms with Crippen LogP contribution >= 0.6 is 0 Å². The van der Waals surface area contributed by atoms with Gasteiger partial charge in [-0.15, -0.1) is 0 Å². The molecule has 0 aliphatic carbocycles. The third kappa shape index (κ3) is 6.74. The fourth-order valence-electron chi connectivity index (χ4n) is 1.56. The summed E-state index contributed by atoms with van der Waals surface area (Å²) in [6.45, 7) is 10.1. The molecule has 102 valence electrons. The fraction of sp³-hybridized carbons (Fsp3) is 0.600. The number of benzene rings is 1. The van der Waals surface area contributed by atoms with Crippen molar-refractivity contribution in [1.29, 1.82) is 0 Å². The van der Waals surface area contributed by atoms with Crippen molar-refractivity contribution in [2.75, 3.05) is 19.8 Å². The summed E-state index contributed by atoms with van der Waals surface area (Å²) in [5.41, 5.74) is 2.52. The van der Waals surface area contributed by atoms with E-state index in [1.165, 1.54) is 11.1 Å². The van der Waals surface area contributed by atoms with Crippen molar-refractivity contribution in [3.05, 3.63) is 35.4 Å². The second-order valence-corrected chi connectivity index (χ2v) is 4.57. The molecule has 1 aromatic rings. The van der Waals surface area contributed by atoms with Crippen molar-refractivity contribution in [1.82, 2.24) is 5.32 Å². The van der Waals surface area contributed by atoms with E-state index in [-0.39, 0.29) is 6.10 Å². The Morgan fingerprint density at radius 1 is 1.06 bits per heavy atom. The Morgan fingerprint density at radius 2 is 1.72 bits per heavy atom. The predicted octanol–water partition coefficient (Wildman–Crippen LogP) is 2.74. The Labute approximate surface area is 110 Å². The topological polar surface area (TPSA) is 30.5 Å². The normalized spacial score (nSPS) is 11.1. The summed E-state index contributed by atoms with van der Waals surface area (Å²) in [4.78, 5) is 0. The van der Waals surface area contributed by atoms with Gasteiger partial charge < -0.3 is 14.8 Å². The lowest BCUT2D eigenvalue weighted by molar-refractivity contribution is 0.0143. The first-order valence-electron chi connectivity index (χ1n) is 6.70. The van der Waals surface area contributed by atoms with Crippen LogP contribution in [0.3, 0.4) is 0 Å². The standard InChI is InChI=1S/C15H25NO2/c1-4-16-11-14-5-7-15(8-6-14)12-17-9-10-18-13(2)3/h5-8,13,16H,4,9-12H2,1-3H3. The maximum Gasteiger partial charge on any atom is 0.0718 e. The molecule has 0 spiro atoms. The Bertz CT molecular complexity index is 309. The van der Waals surface area contributed by atoms with Gasteiger partial charge in [-0.05, 0) is 31.5 Å². The summed E-state index contributed by atoms with van der Waals surface area (Å²) >= 11 is 0. The van der Waals surface area contributed by atoms with Crippen LogP contribution in [0.5, 0.6) is 0 Å². The van der Waals surface area contributed by atoms with Crippen molar-refractivity contribution in [2.24, 2.45) is 0 Å². The third-order valence-corrected chi connectivity index (χ3v) is 2.55. The minimum absolute atomic E-state index is 0.277. The van der Waals surface area contributed by atoms with E-state index >= 15 is 0 Å². The Morgan fingerprint density at radius 3 is 2.33 bits per heavy atom. The summed E-state index contributed by atoms with van der Waals surface area (Å²) in [5, 5.41) is 3.31. The summed E-state index contributed by atoms with van der Waals surface area (Å²) < 4.78 is 11.0. The van der Waals surface area contributed by atoms with Crippen LogP contribution in [0.2, 0.25) is 0 Å². The van der Waals surface area contributed by atoms with E-state index < -0.39 is 0 Å². The molecule has 0 fully saturated rings. The highest BCUT2D eigenvalue weighted by Crippen LogP contribution is 2.05. The van der Waals surface area contributed by atoms with E-state index in [1.807, 2.05) is 13.8 Å². The minimum atomic E-state index is 0.277. The van der Waals surface area contributed by atoms with Gasteiger partial charge in [0.05, 0.1) is 25.9 Å². The molecular formula is C15H25NO2. The largest absolute Gasteiger partial charge is 0.376 e. The molecule has 3 heteroatoms. The van der Waals surface area contributed by atoms with Crippen LogP contribution in [-0.2, 0) is 22.6 Å². The first-order chi connectivity index (χ1) is 8.72. The summed E-state index contributed by atoms with van der Waals surface area (Å²) in [6, 6.07) is 8.53. The lowest BCUT2D eigenvalue weighted by Crippen LogP contribution is -2.11. The molecule has 0 heterocycles. The highest BCUT2D eigenvalue weighted by molar-refractivity contribution is 5.21. The zero-order valence-corrected chi connectivity index (χ0v) is 11.7. The van der Waals surface area contributed by atoms with Gasteiger partial charge in [0.15, 0.2) is 0 Å². The van der Waals surface area contributed by atoms with E-state index in [2.05, 4.69) is 36.5 Å². The van der Waals surface area contributed by atoms with Crippen LogP contribution in [0.1, 0.15) is 31.9 Å². The van der Waals surface area contributed by atoms with Crippen LogP contribution in [-0.4, -0.2) is 25.9 Å². The molecule has 3 nitrogen and oxygen atoms in total. The summed E-state index contributed by atoms with van der Waals surface area (Å²) in [7, 11) is 0. The van der Waals surface area contributed by atoms with Gasteiger partial charge >= 0.3 is 0 Å². The van der Waals surface area contributed by atoms with Crippen LogP contribution in [0.15, 0.2) is 24.3 Å². The van der Waals surface area contributed by atoms with Gasteiger partial charge in [0.2, 0.25) is 0 Å². The maximum atomic E-state index is 5.55. The fourth-order valence-corrected chi connectivity index (χ4v) is 1.56. The highest BCUT2D eigenvalue weighted by atomic mass is 16.5. The Hall–Kier alpha value is -0.900. The smallest absolute Gasteiger partial charge is 0.0718 e. The molecule has 0 saturated carbocycles. The van der Waals surface area contributed by atoms with Crippen molar-refractivity contribution in [2.45, 2.75) is 40.0 Å². The molecule has 1 aromatic carbocycles. The number of hydrogen-bond acceptors (Lipinski definition) is 3. The van der Waals surface area contributed by atoms with E-state index in [0.29, 0.717) is 19.8 Å². The molecule has 0 aliphatic rings. The number of ether oxygens (including phenoxy) is 2. The SMILES string of the molecule is CCNCc1ccc(COCCOC(C)C)cc1. The van der Waals surface area contributed by atoms with Crippen molar-refractivity contribution in [3.8, 4) is 0 Å². The van der Waals surface area contributed by atoms with Crippen LogP contribution in [0.4, 0.5) is 0 Å². The lowest BCUT2D eigenvalue weighted by atomic mass is 10.1. The predicted molar refractivity (Wildman–Crippen MR) is 74.6 cm³/mol. The summed E-state index contributed by atoms with van der Waals surface area (Å²) in [5.74, 6) is 0. The third-order valence-electron chi connectivity index (χ3n) is 2.55. The second kappa shape index (κ2) is 9.09. The molecule has 18 heavy (non-hydrogen) atoms. The average molecular weight is 251 g/mol. The Balaban J connectivity index is 2.18. The number of nitrogens with one attached hydrogen (secondary N) is 1. The van der Waals surface area contributed by atoms with Crippen molar-refractivity contribution in [3.63, 3.8) is 0 Å². The highest BCUT2D eigenvalue weighted by Gasteiger charge is 1.96. The van der Waals surface area contributed by atoms with Gasteiger partial charge in [-0.2, -0.15) is 0 Å². The first-order valence-corrected chi connectivity index (χ1v) is 6.70. The first kappa shape index (κ1) is 15.2. The molecule has 0 aromatic heterocycles. The quantitative estimate of drug-likeness (QED) is 0.685. The molecule has 0 aliphatic heterocycles. The summed E-state index contributed by atoms with van der Waals surface area (Å²) in [6.07, 6.45) is 0.277. The molecule has 0 saturated heterocycles. The van der Waals surface area contributed by atoms with Crippen LogP contribution in [0.25, 0.3) is 0 Å². The van der Waals surface area contributed by atoms with Gasteiger partial charge in [-0.25, -0.2) is 0 Å². The van der Waals surface area contributed by atoms with Gasteiger partial charge in [0.1, 0.15) is 0 Å². The zero-order chi connectivity index (χ0) is 13.2. The van der Waals surface area contributed by atoms with E-state index in [9.17, 15) is 0 Å². The maximum absolute atomic E-state index is 5.55. The lowest BCUT2D eigenvalue weighted by Gasteiger charge is -2.08.